The minimum Gasteiger partial charge on any atom is -0.352 e. The summed E-state index contributed by atoms with van der Waals surface area (Å²) in [6.07, 6.45) is 2.85. The van der Waals surface area contributed by atoms with Crippen LogP contribution in [0.5, 0.6) is 0 Å². The lowest BCUT2D eigenvalue weighted by atomic mass is 10.2. The molecule has 0 saturated carbocycles. The molecule has 1 rings (SSSR count). The maximum Gasteiger partial charge on any atom is 0.238 e. The number of hydrogen-bond donors (Lipinski definition) is 2. The van der Waals surface area contributed by atoms with Crippen LogP contribution in [0, 0.1) is 0 Å². The minimum atomic E-state index is -0.0713. The molecule has 4 nitrogen and oxygen atoms in total. The molecular weight excluding hydrogens is 190 g/mol. The average molecular weight is 211 g/mol. The number of nitrogens with one attached hydrogen (secondary N) is 2. The number of amides is 1. The number of hydrogen-bond acceptors (Lipinski definition) is 3. The third-order valence-electron chi connectivity index (χ3n) is 2.74. The average Bonchev–Trinajstić information content (AvgIpc) is 2.31. The molecule has 86 valence electrons. The molecule has 0 bridgehead atoms. The van der Waals surface area contributed by atoms with Crippen molar-refractivity contribution in [1.82, 2.24) is 15.5 Å². The summed E-state index contributed by atoms with van der Waals surface area (Å²) >= 11 is 0. The number of likely N-dealkylation sites (N-methyl/N-ethyl adjacent to an activating group) is 1. The molecule has 2 atom stereocenters. The van der Waals surface area contributed by atoms with Crippen molar-refractivity contribution in [3.63, 3.8) is 0 Å². The Morgan fingerprint density at radius 3 is 3.07 bits per heavy atom. The highest BCUT2D eigenvalue weighted by atomic mass is 16.2. The second-order valence-corrected chi connectivity index (χ2v) is 4.06. The van der Waals surface area contributed by atoms with Gasteiger partial charge in [0.05, 0.1) is 0 Å². The predicted molar refractivity (Wildman–Crippen MR) is 61.7 cm³/mol. The summed E-state index contributed by atoms with van der Waals surface area (Å²) in [5.41, 5.74) is 0. The fraction of sp³-hybridized carbons (Fsp3) is 0.727. The van der Waals surface area contributed by atoms with Gasteiger partial charge in [-0.25, -0.2) is 0 Å². The molecule has 1 heterocycles. The first kappa shape index (κ1) is 12.2. The Bertz CT molecular complexity index is 230. The summed E-state index contributed by atoms with van der Waals surface area (Å²) in [5, 5.41) is 6.07. The lowest BCUT2D eigenvalue weighted by molar-refractivity contribution is -0.125. The monoisotopic (exact) mass is 211 g/mol. The molecule has 1 aliphatic heterocycles. The van der Waals surface area contributed by atoms with Crippen molar-refractivity contribution in [2.75, 3.05) is 26.7 Å². The summed E-state index contributed by atoms with van der Waals surface area (Å²) in [4.78, 5) is 14.0. The SMILES string of the molecule is C=CCN1CCC(C)NC(=O)C1CNC. The molecule has 1 aliphatic rings. The van der Waals surface area contributed by atoms with E-state index in [1.807, 2.05) is 20.0 Å². The van der Waals surface area contributed by atoms with Crippen molar-refractivity contribution in [2.24, 2.45) is 0 Å². The molecule has 15 heavy (non-hydrogen) atoms. The smallest absolute Gasteiger partial charge is 0.238 e. The van der Waals surface area contributed by atoms with Crippen molar-refractivity contribution in [3.8, 4) is 0 Å². The molecule has 1 amide bonds. The van der Waals surface area contributed by atoms with Crippen LogP contribution in [-0.4, -0.2) is 49.6 Å². The van der Waals surface area contributed by atoms with Gasteiger partial charge in [-0.1, -0.05) is 6.08 Å². The molecule has 2 N–H and O–H groups in total. The lowest BCUT2D eigenvalue weighted by Gasteiger charge is -2.26. The highest BCUT2D eigenvalue weighted by Crippen LogP contribution is 2.08. The fourth-order valence-electron chi connectivity index (χ4n) is 1.89. The Labute approximate surface area is 91.7 Å². The van der Waals surface area contributed by atoms with E-state index < -0.39 is 0 Å². The van der Waals surface area contributed by atoms with Gasteiger partial charge < -0.3 is 10.6 Å². The van der Waals surface area contributed by atoms with Crippen LogP contribution in [0.1, 0.15) is 13.3 Å². The Morgan fingerprint density at radius 2 is 2.47 bits per heavy atom. The van der Waals surface area contributed by atoms with Crippen LogP contribution in [0.25, 0.3) is 0 Å². The number of carbonyl (C=O) groups is 1. The van der Waals surface area contributed by atoms with Gasteiger partial charge in [0.25, 0.3) is 0 Å². The molecule has 0 spiro atoms. The van der Waals surface area contributed by atoms with Gasteiger partial charge in [-0.05, 0) is 20.4 Å². The quantitative estimate of drug-likeness (QED) is 0.642. The number of nitrogens with zero attached hydrogens (tertiary/aromatic N) is 1. The highest BCUT2D eigenvalue weighted by Gasteiger charge is 2.28. The van der Waals surface area contributed by atoms with Gasteiger partial charge in [0.2, 0.25) is 5.91 Å². The van der Waals surface area contributed by atoms with Crippen LogP contribution in [0.15, 0.2) is 12.7 Å². The van der Waals surface area contributed by atoms with E-state index in [1.165, 1.54) is 0 Å². The van der Waals surface area contributed by atoms with Crippen molar-refractivity contribution < 1.29 is 4.79 Å². The van der Waals surface area contributed by atoms with Crippen molar-refractivity contribution in [3.05, 3.63) is 12.7 Å². The normalized spacial score (nSPS) is 28.3. The van der Waals surface area contributed by atoms with Gasteiger partial charge in [-0.2, -0.15) is 0 Å². The largest absolute Gasteiger partial charge is 0.352 e. The van der Waals surface area contributed by atoms with Crippen molar-refractivity contribution in [1.29, 1.82) is 0 Å². The lowest BCUT2D eigenvalue weighted by Crippen LogP contribution is -2.50. The molecular formula is C11H21N3O. The topological polar surface area (TPSA) is 44.4 Å². The Hall–Kier alpha value is -0.870. The first-order valence-electron chi connectivity index (χ1n) is 5.49. The van der Waals surface area contributed by atoms with Crippen LogP contribution >= 0.6 is 0 Å². The van der Waals surface area contributed by atoms with E-state index in [2.05, 4.69) is 22.1 Å². The van der Waals surface area contributed by atoms with E-state index in [0.29, 0.717) is 6.54 Å². The number of rotatable bonds is 4. The van der Waals surface area contributed by atoms with Crippen molar-refractivity contribution in [2.45, 2.75) is 25.4 Å². The van der Waals surface area contributed by atoms with Crippen LogP contribution < -0.4 is 10.6 Å². The van der Waals surface area contributed by atoms with Gasteiger partial charge in [0.15, 0.2) is 0 Å². The second-order valence-electron chi connectivity index (χ2n) is 4.06. The summed E-state index contributed by atoms with van der Waals surface area (Å²) in [7, 11) is 1.87. The Balaban J connectivity index is 2.71. The summed E-state index contributed by atoms with van der Waals surface area (Å²) in [6.45, 7) is 8.18. The van der Waals surface area contributed by atoms with Crippen molar-refractivity contribution >= 4 is 5.91 Å². The zero-order valence-electron chi connectivity index (χ0n) is 9.62. The van der Waals surface area contributed by atoms with Crippen LogP contribution in [-0.2, 0) is 4.79 Å². The van der Waals surface area contributed by atoms with E-state index in [1.54, 1.807) is 0 Å². The Morgan fingerprint density at radius 1 is 1.73 bits per heavy atom. The van der Waals surface area contributed by atoms with E-state index in [-0.39, 0.29) is 18.0 Å². The molecule has 0 aromatic carbocycles. The molecule has 0 aromatic rings. The standard InChI is InChI=1S/C11H21N3O/c1-4-6-14-7-5-9(2)13-11(15)10(14)8-12-3/h4,9-10,12H,1,5-8H2,2-3H3,(H,13,15). The first-order valence-corrected chi connectivity index (χ1v) is 5.49. The van der Waals surface area contributed by atoms with Crippen LogP contribution in [0.3, 0.4) is 0 Å². The maximum atomic E-state index is 11.9. The van der Waals surface area contributed by atoms with Crippen LogP contribution in [0.2, 0.25) is 0 Å². The van der Waals surface area contributed by atoms with Crippen LogP contribution in [0.4, 0.5) is 0 Å². The van der Waals surface area contributed by atoms with Gasteiger partial charge in [0, 0.05) is 25.7 Å². The molecule has 1 fully saturated rings. The summed E-state index contributed by atoms with van der Waals surface area (Å²) < 4.78 is 0. The number of carbonyl (C=O) groups excluding carboxylic acids is 1. The summed E-state index contributed by atoms with van der Waals surface area (Å²) in [6, 6.07) is 0.199. The third-order valence-corrected chi connectivity index (χ3v) is 2.74. The van der Waals surface area contributed by atoms with E-state index in [0.717, 1.165) is 19.5 Å². The molecule has 0 aromatic heterocycles. The highest BCUT2D eigenvalue weighted by molar-refractivity contribution is 5.82. The molecule has 4 heteroatoms. The fourth-order valence-corrected chi connectivity index (χ4v) is 1.89. The molecule has 2 unspecified atom stereocenters. The van der Waals surface area contributed by atoms with E-state index >= 15 is 0 Å². The zero-order valence-corrected chi connectivity index (χ0v) is 9.62. The second kappa shape index (κ2) is 5.88. The molecule has 0 aliphatic carbocycles. The zero-order chi connectivity index (χ0) is 11.3. The Kier molecular flexibility index (Phi) is 4.78. The molecule has 0 radical (unpaired) electrons. The minimum absolute atomic E-state index is 0.0713. The van der Waals surface area contributed by atoms with Gasteiger partial charge >= 0.3 is 0 Å². The van der Waals surface area contributed by atoms with Gasteiger partial charge in [-0.15, -0.1) is 6.58 Å². The van der Waals surface area contributed by atoms with Gasteiger partial charge in [0.1, 0.15) is 6.04 Å². The van der Waals surface area contributed by atoms with Gasteiger partial charge in [-0.3, -0.25) is 9.69 Å². The predicted octanol–water partition coefficient (Wildman–Crippen LogP) is -0.0292. The summed E-state index contributed by atoms with van der Waals surface area (Å²) in [5.74, 6) is 0.121. The molecule has 1 saturated heterocycles. The van der Waals surface area contributed by atoms with E-state index in [4.69, 9.17) is 0 Å². The first-order chi connectivity index (χ1) is 7.19. The van der Waals surface area contributed by atoms with E-state index in [9.17, 15) is 4.79 Å². The maximum absolute atomic E-state index is 11.9. The third kappa shape index (κ3) is 3.32.